The molecule has 0 fully saturated rings. The zero-order chi connectivity index (χ0) is 29.0. The Labute approximate surface area is 332 Å². The number of nitro groups is 1. The summed E-state index contributed by atoms with van der Waals surface area (Å²) in [5, 5.41) is 11.4. The van der Waals surface area contributed by atoms with Crippen LogP contribution >= 0.6 is 0 Å². The van der Waals surface area contributed by atoms with Crippen molar-refractivity contribution in [2.75, 3.05) is 5.32 Å². The minimum atomic E-state index is -5.38. The van der Waals surface area contributed by atoms with Gasteiger partial charge >= 0.3 is 118 Å². The average molecular weight is 709 g/mol. The average Bonchev–Trinajstić information content (AvgIpc) is 2.75. The summed E-state index contributed by atoms with van der Waals surface area (Å²) >= 11 is 0. The first-order valence-electron chi connectivity index (χ1n) is 9.22. The van der Waals surface area contributed by atoms with Crippen molar-refractivity contribution in [2.24, 2.45) is 0 Å². The SMILES string of the molecule is O=C(Nc1cc(S(=O)(=O)O)cc2cc(S(=O)(=O)O)cc(S(=O)(=O)O)c12)c1ccc([N+](=O)[O-])cc1S(=O)(=O)O.[H-].[H-].[H-].[H-].[Na+].[Na+].[Na+].[Na+]. The fraction of sp³-hybridized carbons (Fsp3) is 0. The zero-order valence-corrected chi connectivity index (χ0v) is 33.2. The molecule has 0 radical (unpaired) electrons. The van der Waals surface area contributed by atoms with Gasteiger partial charge in [0.05, 0.1) is 26.0 Å². The minimum absolute atomic E-state index is 0. The Morgan fingerprint density at radius 3 is 1.55 bits per heavy atom. The van der Waals surface area contributed by atoms with E-state index < -0.39 is 98.6 Å². The van der Waals surface area contributed by atoms with Gasteiger partial charge < -0.3 is 11.0 Å². The summed E-state index contributed by atoms with van der Waals surface area (Å²) in [6.07, 6.45) is 0. The van der Waals surface area contributed by atoms with Gasteiger partial charge in [-0.3, -0.25) is 33.1 Å². The van der Waals surface area contributed by atoms with Gasteiger partial charge in [0.15, 0.2) is 0 Å². The molecule has 0 aromatic heterocycles. The third kappa shape index (κ3) is 10.5. The van der Waals surface area contributed by atoms with Crippen LogP contribution in [0.1, 0.15) is 16.1 Å². The quantitative estimate of drug-likeness (QED) is 0.0659. The van der Waals surface area contributed by atoms with Crippen LogP contribution in [0.4, 0.5) is 11.4 Å². The Bertz CT molecular complexity index is 2020. The summed E-state index contributed by atoms with van der Waals surface area (Å²) in [4.78, 5) is 18.1. The number of carbonyl (C=O) groups excluding carboxylic acids is 1. The molecule has 0 aliphatic carbocycles. The van der Waals surface area contributed by atoms with Crippen LogP contribution in [0.5, 0.6) is 0 Å². The molecular weight excluding hydrogens is 692 g/mol. The molecule has 0 aliphatic rings. The number of carbonyl (C=O) groups is 1. The Morgan fingerprint density at radius 2 is 1.14 bits per heavy atom. The Kier molecular flexibility index (Phi) is 16.8. The van der Waals surface area contributed by atoms with Crippen molar-refractivity contribution in [3.63, 3.8) is 0 Å². The molecule has 0 heterocycles. The summed E-state index contributed by atoms with van der Waals surface area (Å²) in [6.45, 7) is 0. The van der Waals surface area contributed by atoms with E-state index in [1.807, 2.05) is 5.32 Å². The number of nitro benzene ring substituents is 1. The van der Waals surface area contributed by atoms with Crippen LogP contribution in [0.15, 0.2) is 62.0 Å². The molecule has 0 spiro atoms. The molecule has 1 amide bonds. The molecule has 25 heteroatoms. The molecule has 0 saturated heterocycles. The first kappa shape index (κ1) is 44.6. The van der Waals surface area contributed by atoms with Gasteiger partial charge in [0.1, 0.15) is 9.79 Å². The van der Waals surface area contributed by atoms with Crippen LogP contribution in [0, 0.1) is 10.1 Å². The summed E-state index contributed by atoms with van der Waals surface area (Å²) < 4.78 is 132. The summed E-state index contributed by atoms with van der Waals surface area (Å²) in [5.41, 5.74) is -2.68. The van der Waals surface area contributed by atoms with Crippen LogP contribution in [-0.2, 0) is 40.5 Å². The maximum absolute atomic E-state index is 12.9. The zero-order valence-electron chi connectivity index (χ0n) is 25.9. The molecule has 0 unspecified atom stereocenters. The van der Waals surface area contributed by atoms with E-state index in [2.05, 4.69) is 0 Å². The van der Waals surface area contributed by atoms with Crippen molar-refractivity contribution in [1.82, 2.24) is 0 Å². The van der Waals surface area contributed by atoms with Gasteiger partial charge in [-0.05, 0) is 35.7 Å². The number of rotatable bonds is 7. The Hall–Kier alpha value is 0.430. The summed E-state index contributed by atoms with van der Waals surface area (Å²) in [6, 6.07) is 3.34. The number of anilines is 1. The molecular formula is C17H16N2Na4O15S4. The van der Waals surface area contributed by atoms with E-state index in [0.717, 1.165) is 0 Å². The van der Waals surface area contributed by atoms with E-state index in [4.69, 9.17) is 0 Å². The third-order valence-electron chi connectivity index (χ3n) is 4.78. The van der Waals surface area contributed by atoms with E-state index in [9.17, 15) is 66.8 Å². The fourth-order valence-corrected chi connectivity index (χ4v) is 5.87. The molecule has 3 aromatic carbocycles. The topological polar surface area (TPSA) is 290 Å². The van der Waals surface area contributed by atoms with Crippen LogP contribution < -0.4 is 124 Å². The Morgan fingerprint density at radius 1 is 0.690 bits per heavy atom. The van der Waals surface area contributed by atoms with Crippen molar-refractivity contribution in [1.29, 1.82) is 0 Å². The summed E-state index contributed by atoms with van der Waals surface area (Å²) in [7, 11) is -21.0. The molecule has 0 atom stereocenters. The Balaban J connectivity index is -0.000000500. The van der Waals surface area contributed by atoms with E-state index in [-0.39, 0.29) is 130 Å². The number of hydrogen-bond acceptors (Lipinski definition) is 11. The predicted octanol–water partition coefficient (Wildman–Crippen LogP) is -10.5. The van der Waals surface area contributed by atoms with E-state index in [1.54, 1.807) is 0 Å². The number of nitrogens with one attached hydrogen (secondary N) is 1. The fourth-order valence-electron chi connectivity index (χ4n) is 3.24. The number of non-ortho nitro benzene ring substituents is 1. The summed E-state index contributed by atoms with van der Waals surface area (Å²) in [5.74, 6) is -1.53. The van der Waals surface area contributed by atoms with Gasteiger partial charge in [0.25, 0.3) is 52.1 Å². The smallest absolute Gasteiger partial charge is 1.00 e. The second-order valence-corrected chi connectivity index (χ2v) is 12.9. The van der Waals surface area contributed by atoms with Crippen LogP contribution in [0.2, 0.25) is 0 Å². The second-order valence-electron chi connectivity index (χ2n) is 7.28. The van der Waals surface area contributed by atoms with E-state index in [0.29, 0.717) is 36.4 Å². The molecule has 17 nitrogen and oxygen atoms in total. The molecule has 0 saturated carbocycles. The van der Waals surface area contributed by atoms with Gasteiger partial charge in [0, 0.05) is 17.5 Å². The molecule has 3 aromatic rings. The van der Waals surface area contributed by atoms with Gasteiger partial charge in [-0.1, -0.05) is 0 Å². The predicted molar refractivity (Wildman–Crippen MR) is 129 cm³/mol. The number of fused-ring (bicyclic) bond motifs is 1. The number of benzene rings is 3. The molecule has 0 aliphatic heterocycles. The van der Waals surface area contributed by atoms with E-state index in [1.165, 1.54) is 0 Å². The van der Waals surface area contributed by atoms with Crippen LogP contribution in [-0.4, -0.2) is 62.7 Å². The first-order chi connectivity index (χ1) is 17.1. The molecule has 212 valence electrons. The maximum Gasteiger partial charge on any atom is 1.00 e. The van der Waals surface area contributed by atoms with Gasteiger partial charge in [-0.15, -0.1) is 0 Å². The van der Waals surface area contributed by atoms with E-state index >= 15 is 0 Å². The van der Waals surface area contributed by atoms with Crippen molar-refractivity contribution >= 4 is 68.5 Å². The maximum atomic E-state index is 12.9. The standard InChI is InChI=1S/C17H12N2O15S4.4Na.4H/c20-17(12-2-1-9(19(21)22)5-14(12)37(29,30)31)18-13-6-10(35(23,24)25)3-8-4-11(36(26,27)28)7-15(16(8)13)38(32,33)34;;;;;;;;/h1-7H,(H,18,20)(H,23,24,25)(H,26,27,28)(H,29,30,31)(H,32,33,34);;;;;;;;/q;4*+1;4*-1. The number of hydrogen-bond donors (Lipinski definition) is 5. The first-order valence-corrected chi connectivity index (χ1v) is 15.0. The number of amides is 1. The van der Waals surface area contributed by atoms with Crippen molar-refractivity contribution in [3.8, 4) is 0 Å². The minimum Gasteiger partial charge on any atom is -1.00 e. The molecule has 5 N–H and O–H groups in total. The monoisotopic (exact) mass is 708 g/mol. The van der Waals surface area contributed by atoms with Crippen LogP contribution in [0.25, 0.3) is 10.8 Å². The normalized spacial score (nSPS) is 11.6. The van der Waals surface area contributed by atoms with Gasteiger partial charge in [-0.25, -0.2) is 0 Å². The van der Waals surface area contributed by atoms with Crippen molar-refractivity contribution < 1.29 is 186 Å². The molecule has 0 bridgehead atoms. The van der Waals surface area contributed by atoms with Crippen molar-refractivity contribution in [2.45, 2.75) is 19.6 Å². The van der Waals surface area contributed by atoms with Gasteiger partial charge in [0.2, 0.25) is 0 Å². The third-order valence-corrected chi connectivity index (χ3v) is 8.21. The van der Waals surface area contributed by atoms with Crippen LogP contribution in [0.3, 0.4) is 0 Å². The van der Waals surface area contributed by atoms with Gasteiger partial charge in [-0.2, -0.15) is 33.7 Å². The number of nitrogens with zero attached hydrogens (tertiary/aromatic N) is 1. The molecule has 42 heavy (non-hydrogen) atoms. The largest absolute Gasteiger partial charge is 1.00 e. The van der Waals surface area contributed by atoms with Crippen molar-refractivity contribution in [3.05, 3.63) is 58.1 Å². The second kappa shape index (κ2) is 15.8. The molecule has 3 rings (SSSR count).